The number of rotatable bonds is 60. The summed E-state index contributed by atoms with van der Waals surface area (Å²) in [5.74, 6) is -1.24. The number of allylic oxidation sites excluding steroid dienone is 15. The van der Waals surface area contributed by atoms with Crippen molar-refractivity contribution in [2.45, 2.75) is 352 Å². The number of aliphatic hydroxyl groups is 5. The van der Waals surface area contributed by atoms with Crippen LogP contribution in [0.15, 0.2) is 97.2 Å². The van der Waals surface area contributed by atoms with Crippen molar-refractivity contribution in [3.63, 3.8) is 0 Å². The van der Waals surface area contributed by atoms with Gasteiger partial charge in [-0.25, -0.2) is 0 Å². The van der Waals surface area contributed by atoms with Crippen molar-refractivity contribution in [2.24, 2.45) is 0 Å². The van der Waals surface area contributed by atoms with E-state index in [1.165, 1.54) is 167 Å². The van der Waals surface area contributed by atoms with E-state index in [1.54, 1.807) is 6.08 Å². The van der Waals surface area contributed by atoms with E-state index >= 15 is 0 Å². The van der Waals surface area contributed by atoms with Gasteiger partial charge in [-0.3, -0.25) is 9.59 Å². The summed E-state index contributed by atoms with van der Waals surface area (Å²) in [6, 6.07) is -1.04. The molecule has 11 nitrogen and oxygen atoms in total. The van der Waals surface area contributed by atoms with Crippen molar-refractivity contribution in [3.05, 3.63) is 97.2 Å². The molecule has 86 heavy (non-hydrogen) atoms. The Morgan fingerprint density at radius 3 is 1.27 bits per heavy atom. The molecule has 1 rings (SSSR count). The number of carbonyl (C=O) groups is 2. The molecule has 496 valence electrons. The second kappa shape index (κ2) is 61.8. The third kappa shape index (κ3) is 48.5. The van der Waals surface area contributed by atoms with Gasteiger partial charge in [0.15, 0.2) is 12.4 Å². The zero-order valence-corrected chi connectivity index (χ0v) is 55.2. The molecule has 1 saturated heterocycles. The Hall–Kier alpha value is -3.42. The molecule has 11 heteroatoms. The first kappa shape index (κ1) is 80.6. The van der Waals surface area contributed by atoms with Gasteiger partial charge in [-0.1, -0.05) is 291 Å². The van der Waals surface area contributed by atoms with Crippen LogP contribution in [0.4, 0.5) is 0 Å². The summed E-state index contributed by atoms with van der Waals surface area (Å²) < 4.78 is 17.6. The maximum absolute atomic E-state index is 13.5. The quantitative estimate of drug-likeness (QED) is 0.0195. The molecule has 0 bridgehead atoms. The summed E-state index contributed by atoms with van der Waals surface area (Å²) in [5.41, 5.74) is 0. The van der Waals surface area contributed by atoms with E-state index in [0.717, 1.165) is 89.9 Å². The van der Waals surface area contributed by atoms with Gasteiger partial charge in [0.25, 0.3) is 0 Å². The normalized spacial score (nSPS) is 18.9. The maximum atomic E-state index is 13.5. The lowest BCUT2D eigenvalue weighted by molar-refractivity contribution is -0.305. The molecular formula is C75H131NO10. The van der Waals surface area contributed by atoms with E-state index in [4.69, 9.17) is 14.2 Å². The summed E-state index contributed by atoms with van der Waals surface area (Å²) in [4.78, 5) is 26.7. The molecule has 1 amide bonds. The van der Waals surface area contributed by atoms with Crippen LogP contribution in [0.1, 0.15) is 303 Å². The summed E-state index contributed by atoms with van der Waals surface area (Å²) in [7, 11) is 0. The molecule has 8 unspecified atom stereocenters. The van der Waals surface area contributed by atoms with Crippen LogP contribution >= 0.6 is 0 Å². The third-order valence-corrected chi connectivity index (χ3v) is 16.2. The highest BCUT2D eigenvalue weighted by Crippen LogP contribution is 2.26. The lowest BCUT2D eigenvalue weighted by Crippen LogP contribution is -2.61. The first-order chi connectivity index (χ1) is 42.2. The number of ether oxygens (including phenoxy) is 3. The Morgan fingerprint density at radius 2 is 0.837 bits per heavy atom. The summed E-state index contributed by atoms with van der Waals surface area (Å²) in [5, 5.41) is 57.2. The van der Waals surface area contributed by atoms with Crippen LogP contribution in [0.25, 0.3) is 0 Å². The van der Waals surface area contributed by atoms with Crippen LogP contribution < -0.4 is 5.32 Å². The topological polar surface area (TPSA) is 175 Å². The third-order valence-electron chi connectivity index (χ3n) is 16.2. The Balaban J connectivity index is 2.61. The number of hydrogen-bond acceptors (Lipinski definition) is 10. The summed E-state index contributed by atoms with van der Waals surface area (Å²) in [6.45, 7) is 5.67. The van der Waals surface area contributed by atoms with Gasteiger partial charge in [0.05, 0.1) is 25.4 Å². The van der Waals surface area contributed by atoms with Crippen LogP contribution in [0.2, 0.25) is 0 Å². The van der Waals surface area contributed by atoms with E-state index in [1.807, 2.05) is 6.08 Å². The van der Waals surface area contributed by atoms with Crippen LogP contribution in [0, 0.1) is 0 Å². The minimum atomic E-state index is -1.64. The van der Waals surface area contributed by atoms with Gasteiger partial charge in [0.1, 0.15) is 24.4 Å². The molecule has 0 aliphatic carbocycles. The second-order valence-corrected chi connectivity index (χ2v) is 24.2. The van der Waals surface area contributed by atoms with Crippen LogP contribution in [-0.4, -0.2) is 99.6 Å². The number of esters is 1. The van der Waals surface area contributed by atoms with E-state index in [-0.39, 0.29) is 19.4 Å². The van der Waals surface area contributed by atoms with Crippen molar-refractivity contribution in [1.82, 2.24) is 5.32 Å². The second-order valence-electron chi connectivity index (χ2n) is 24.2. The Bertz CT molecular complexity index is 1770. The molecule has 1 aliphatic rings. The first-order valence-electron chi connectivity index (χ1n) is 35.5. The fourth-order valence-electron chi connectivity index (χ4n) is 10.7. The lowest BCUT2D eigenvalue weighted by Gasteiger charge is -2.41. The monoisotopic (exact) mass is 1210 g/mol. The predicted octanol–water partition coefficient (Wildman–Crippen LogP) is 18.2. The molecule has 0 saturated carbocycles. The van der Waals surface area contributed by atoms with Crippen LogP contribution in [0.3, 0.4) is 0 Å². The van der Waals surface area contributed by atoms with E-state index in [9.17, 15) is 35.1 Å². The Kier molecular flexibility index (Phi) is 57.9. The molecule has 0 spiro atoms. The summed E-state index contributed by atoms with van der Waals surface area (Å²) >= 11 is 0. The van der Waals surface area contributed by atoms with Crippen molar-refractivity contribution >= 4 is 11.9 Å². The zero-order chi connectivity index (χ0) is 62.4. The molecule has 6 N–H and O–H groups in total. The average molecular weight is 1210 g/mol. The number of amides is 1. The van der Waals surface area contributed by atoms with Gasteiger partial charge < -0.3 is 45.1 Å². The fraction of sp³-hybridized carbons (Fsp3) is 0.760. The molecule has 0 aromatic carbocycles. The zero-order valence-electron chi connectivity index (χ0n) is 55.2. The molecule has 0 aromatic heterocycles. The fourth-order valence-corrected chi connectivity index (χ4v) is 10.7. The number of hydrogen-bond donors (Lipinski definition) is 6. The Labute approximate surface area is 526 Å². The molecule has 1 heterocycles. The highest BCUT2D eigenvalue weighted by molar-refractivity contribution is 5.80. The van der Waals surface area contributed by atoms with E-state index in [2.05, 4.69) is 111 Å². The van der Waals surface area contributed by atoms with Crippen LogP contribution in [-0.2, 0) is 23.8 Å². The lowest BCUT2D eigenvalue weighted by atomic mass is 9.99. The molecule has 1 fully saturated rings. The smallest absolute Gasteiger partial charge is 0.306 e. The van der Waals surface area contributed by atoms with Crippen molar-refractivity contribution in [1.29, 1.82) is 0 Å². The van der Waals surface area contributed by atoms with Crippen molar-refractivity contribution in [3.8, 4) is 0 Å². The molecule has 0 aromatic rings. The number of nitrogens with one attached hydrogen (secondary N) is 1. The van der Waals surface area contributed by atoms with Gasteiger partial charge in [-0.05, 0) is 103 Å². The van der Waals surface area contributed by atoms with Crippen LogP contribution in [0.5, 0.6) is 0 Å². The summed E-state index contributed by atoms with van der Waals surface area (Å²) in [6.07, 6.45) is 73.1. The van der Waals surface area contributed by atoms with Crippen molar-refractivity contribution < 1.29 is 49.3 Å². The minimum Gasteiger partial charge on any atom is -0.454 e. The number of unbranched alkanes of at least 4 members (excludes halogenated alkanes) is 32. The maximum Gasteiger partial charge on any atom is 0.306 e. The number of carbonyl (C=O) groups excluding carboxylic acids is 2. The largest absolute Gasteiger partial charge is 0.454 e. The molecular weight excluding hydrogens is 1070 g/mol. The number of aliphatic hydroxyl groups excluding tert-OH is 5. The average Bonchev–Trinajstić information content (AvgIpc) is 3.38. The molecule has 1 aliphatic heterocycles. The van der Waals surface area contributed by atoms with Gasteiger partial charge >= 0.3 is 5.97 Å². The SMILES string of the molecule is CC/C=C\C/C=C\C/C=C\C/C=C\C/C=C\C/C=C\CCCCC(=O)OC1C(OCC(NC(=O)C(O)CCCCCCCCCCCCCCCC/C=C/CCCCCCCC)C(O)/C=C/CCCCCCCCCCCC)OC(CO)C(O)C1O. The van der Waals surface area contributed by atoms with Gasteiger partial charge in [0.2, 0.25) is 5.91 Å². The minimum absolute atomic E-state index is 0.0651. The highest BCUT2D eigenvalue weighted by Gasteiger charge is 2.47. The predicted molar refractivity (Wildman–Crippen MR) is 361 cm³/mol. The van der Waals surface area contributed by atoms with Crippen molar-refractivity contribution in [2.75, 3.05) is 13.2 Å². The van der Waals surface area contributed by atoms with Gasteiger partial charge in [-0.15, -0.1) is 0 Å². The first-order valence-corrected chi connectivity index (χ1v) is 35.5. The highest BCUT2D eigenvalue weighted by atomic mass is 16.7. The molecule has 0 radical (unpaired) electrons. The van der Waals surface area contributed by atoms with Gasteiger partial charge in [0, 0.05) is 6.42 Å². The Morgan fingerprint density at radius 1 is 0.465 bits per heavy atom. The van der Waals surface area contributed by atoms with E-state index in [0.29, 0.717) is 12.8 Å². The molecule has 8 atom stereocenters. The van der Waals surface area contributed by atoms with E-state index < -0.39 is 67.4 Å². The standard InChI is InChI=1S/C75H131NO10/c1-4-7-10-13-16-19-22-25-27-29-31-33-34-35-37-38-40-42-44-47-50-53-56-59-62-68(79)74(83)76-66(67(78)61-58-55-52-49-46-24-21-18-15-12-9-6-3)65-84-75-73(72(82)71(81)69(64-77)85-75)86-70(80)63-60-57-54-51-48-45-43-41-39-36-32-30-28-26-23-20-17-14-11-8-5-2/h8,11,17,20,25-28,32,36,41,43,48,51,58,61,66-69,71-73,75,77-79,81-82H,4-7,9-10,12-16,18-19,21-24,29-31,33-35,37-40,42,44-47,49-50,52-57,59-60,62-65H2,1-3H3,(H,76,83)/b11-8-,20-17-,27-25+,28-26-,36-32-,43-41-,51-48-,61-58+. The van der Waals surface area contributed by atoms with Gasteiger partial charge in [-0.2, -0.15) is 0 Å².